The van der Waals surface area contributed by atoms with Crippen LogP contribution in [0.5, 0.6) is 0 Å². The quantitative estimate of drug-likeness (QED) is 0.282. The Labute approximate surface area is 160 Å². The predicted octanol–water partition coefficient (Wildman–Crippen LogP) is -1.08. The molecule has 1 fully saturated rings. The highest BCUT2D eigenvalue weighted by Gasteiger charge is 2.46. The van der Waals surface area contributed by atoms with Gasteiger partial charge in [0.15, 0.2) is 17.4 Å². The van der Waals surface area contributed by atoms with Gasteiger partial charge in [-0.05, 0) is 0 Å². The lowest BCUT2D eigenvalue weighted by Gasteiger charge is -2.16. The van der Waals surface area contributed by atoms with E-state index in [9.17, 15) is 20.1 Å². The molecule has 12 nitrogen and oxygen atoms in total. The van der Waals surface area contributed by atoms with E-state index in [-0.39, 0.29) is 22.9 Å². The number of aliphatic hydroxyl groups excluding tert-OH is 3. The number of nitrogens with one attached hydrogen (secondary N) is 1. The molecule has 152 valence electrons. The smallest absolute Gasteiger partial charge is 0.280 e. The minimum absolute atomic E-state index is 0.0330. The molecule has 0 aliphatic carbocycles. The maximum Gasteiger partial charge on any atom is 0.280 e. The van der Waals surface area contributed by atoms with Gasteiger partial charge in [0.1, 0.15) is 24.1 Å². The molecule has 0 amide bonds. The van der Waals surface area contributed by atoms with Crippen molar-refractivity contribution in [1.82, 2.24) is 29.3 Å². The summed E-state index contributed by atoms with van der Waals surface area (Å²) in [5.41, 5.74) is -0.345. The number of aliphatic hydroxyl groups is 3. The number of H-pyrrole nitrogens is 1. The van der Waals surface area contributed by atoms with Gasteiger partial charge in [0.2, 0.25) is 5.95 Å². The van der Waals surface area contributed by atoms with Gasteiger partial charge in [-0.15, -0.1) is 0 Å². The topological polar surface area (TPSA) is 152 Å². The van der Waals surface area contributed by atoms with Gasteiger partial charge in [0.05, 0.1) is 12.7 Å². The molecule has 0 radical (unpaired) electrons. The molecule has 4 atom stereocenters. The third kappa shape index (κ3) is 3.69. The van der Waals surface area contributed by atoms with Crippen LogP contribution in [0.2, 0.25) is 0 Å². The largest absolute Gasteiger partial charge is 0.508 e. The summed E-state index contributed by atoms with van der Waals surface area (Å²) in [7, 11) is 6.92. The standard InChI is InChI=1S/C16H23N7O5/c1-21(2)5-8(24)12-10(25)11(26)15(28-12)23-7-17-9-13(23)19-16(20-14(9)27)18-6-22(3)4/h5-7,10-12,15,24-26H,1-4H3,(H,19,20,27)/t10-,11+,12+,15+/m0/s1. The Morgan fingerprint density at radius 2 is 2.00 bits per heavy atom. The minimum atomic E-state index is -1.38. The summed E-state index contributed by atoms with van der Waals surface area (Å²) in [5, 5.41) is 30.9. The Balaban J connectivity index is 2.00. The van der Waals surface area contributed by atoms with Crippen molar-refractivity contribution in [2.45, 2.75) is 24.5 Å². The highest BCUT2D eigenvalue weighted by molar-refractivity contribution is 5.71. The zero-order valence-corrected chi connectivity index (χ0v) is 15.9. The Bertz CT molecular complexity index is 964. The van der Waals surface area contributed by atoms with Crippen molar-refractivity contribution in [2.24, 2.45) is 4.99 Å². The lowest BCUT2D eigenvalue weighted by molar-refractivity contribution is -0.0346. The molecule has 0 unspecified atom stereocenters. The highest BCUT2D eigenvalue weighted by Crippen LogP contribution is 2.33. The van der Waals surface area contributed by atoms with Crippen molar-refractivity contribution in [1.29, 1.82) is 0 Å². The second-order valence-electron chi connectivity index (χ2n) is 6.87. The monoisotopic (exact) mass is 393 g/mol. The molecule has 0 bridgehead atoms. The van der Waals surface area contributed by atoms with E-state index in [0.29, 0.717) is 0 Å². The molecule has 1 aliphatic rings. The van der Waals surface area contributed by atoms with Crippen LogP contribution in [0.3, 0.4) is 0 Å². The number of imidazole rings is 1. The molecule has 1 aliphatic heterocycles. The molecule has 2 aromatic heterocycles. The molecule has 3 heterocycles. The van der Waals surface area contributed by atoms with Crippen LogP contribution in [-0.4, -0.2) is 97.5 Å². The summed E-state index contributed by atoms with van der Waals surface area (Å²) in [6.45, 7) is 0. The number of aliphatic imine (C=N–C) groups is 1. The predicted molar refractivity (Wildman–Crippen MR) is 100 cm³/mol. The number of aromatic amines is 1. The maximum atomic E-state index is 12.2. The molecule has 0 spiro atoms. The molecule has 1 saturated heterocycles. The fraction of sp³-hybridized carbons (Fsp3) is 0.500. The van der Waals surface area contributed by atoms with Crippen LogP contribution in [0.4, 0.5) is 5.95 Å². The summed E-state index contributed by atoms with van der Waals surface area (Å²) >= 11 is 0. The van der Waals surface area contributed by atoms with E-state index >= 15 is 0 Å². The zero-order valence-electron chi connectivity index (χ0n) is 15.9. The number of rotatable bonds is 5. The number of hydrogen-bond donors (Lipinski definition) is 4. The van der Waals surface area contributed by atoms with Gasteiger partial charge >= 0.3 is 0 Å². The van der Waals surface area contributed by atoms with Gasteiger partial charge in [-0.25, -0.2) is 9.98 Å². The van der Waals surface area contributed by atoms with E-state index in [2.05, 4.69) is 19.9 Å². The highest BCUT2D eigenvalue weighted by atomic mass is 16.6. The summed E-state index contributed by atoms with van der Waals surface area (Å²) < 4.78 is 6.99. The minimum Gasteiger partial charge on any atom is -0.508 e. The van der Waals surface area contributed by atoms with Crippen LogP contribution in [0.1, 0.15) is 6.23 Å². The van der Waals surface area contributed by atoms with E-state index in [1.165, 1.54) is 23.4 Å². The molecule has 28 heavy (non-hydrogen) atoms. The molecule has 12 heteroatoms. The first-order valence-electron chi connectivity index (χ1n) is 8.45. The first-order valence-corrected chi connectivity index (χ1v) is 8.45. The van der Waals surface area contributed by atoms with Crippen LogP contribution in [0.25, 0.3) is 11.2 Å². The fourth-order valence-corrected chi connectivity index (χ4v) is 2.80. The molecule has 0 aromatic carbocycles. The van der Waals surface area contributed by atoms with E-state index in [0.717, 1.165) is 0 Å². The summed E-state index contributed by atoms with van der Waals surface area (Å²) in [5.74, 6) is -0.196. The van der Waals surface area contributed by atoms with Crippen LogP contribution >= 0.6 is 0 Å². The summed E-state index contributed by atoms with van der Waals surface area (Å²) in [6, 6.07) is 0. The van der Waals surface area contributed by atoms with Crippen molar-refractivity contribution in [3.8, 4) is 0 Å². The van der Waals surface area contributed by atoms with E-state index in [1.807, 2.05) is 0 Å². The number of nitrogens with zero attached hydrogens (tertiary/aromatic N) is 6. The van der Waals surface area contributed by atoms with Gasteiger partial charge in [-0.3, -0.25) is 14.3 Å². The molecular weight excluding hydrogens is 370 g/mol. The first-order chi connectivity index (χ1) is 13.2. The van der Waals surface area contributed by atoms with E-state index in [1.54, 1.807) is 38.0 Å². The molecule has 4 N–H and O–H groups in total. The third-order valence-electron chi connectivity index (χ3n) is 4.03. The Hall–Kier alpha value is -2.96. The number of ether oxygens (including phenoxy) is 1. The van der Waals surface area contributed by atoms with Crippen molar-refractivity contribution in [3.05, 3.63) is 28.6 Å². The average Bonchev–Trinajstić information content (AvgIpc) is 3.15. The van der Waals surface area contributed by atoms with E-state index < -0.39 is 30.1 Å². The number of hydrogen-bond acceptors (Lipinski definition) is 9. The summed E-state index contributed by atoms with van der Waals surface area (Å²) in [4.78, 5) is 30.3. The SMILES string of the molecule is CN(C)C=Nc1nc2c(ncn2[C@@H]2O[C@H](C(O)=CN(C)C)[C@@H](O)[C@H]2O)c(=O)[nH]1. The zero-order chi connectivity index (χ0) is 20.6. The van der Waals surface area contributed by atoms with Crippen molar-refractivity contribution in [2.75, 3.05) is 28.2 Å². The average molecular weight is 393 g/mol. The normalized spacial score (nSPS) is 25.7. The first kappa shape index (κ1) is 19.8. The molecule has 2 aromatic rings. The van der Waals surface area contributed by atoms with Crippen LogP contribution in [0, 0.1) is 0 Å². The van der Waals surface area contributed by atoms with Gasteiger partial charge in [0, 0.05) is 34.4 Å². The molecule has 0 saturated carbocycles. The van der Waals surface area contributed by atoms with Gasteiger partial charge < -0.3 is 29.9 Å². The van der Waals surface area contributed by atoms with Gasteiger partial charge in [-0.1, -0.05) is 0 Å². The summed E-state index contributed by atoms with van der Waals surface area (Å²) in [6.07, 6.45) is -0.901. The maximum absolute atomic E-state index is 12.2. The Morgan fingerprint density at radius 3 is 2.64 bits per heavy atom. The van der Waals surface area contributed by atoms with Crippen LogP contribution in [0.15, 0.2) is 28.1 Å². The Morgan fingerprint density at radius 1 is 1.29 bits per heavy atom. The van der Waals surface area contributed by atoms with Crippen molar-refractivity contribution in [3.63, 3.8) is 0 Å². The van der Waals surface area contributed by atoms with Gasteiger partial charge in [0.25, 0.3) is 5.56 Å². The third-order valence-corrected chi connectivity index (χ3v) is 4.03. The lowest BCUT2D eigenvalue weighted by atomic mass is 10.1. The van der Waals surface area contributed by atoms with E-state index in [4.69, 9.17) is 4.74 Å². The fourth-order valence-electron chi connectivity index (χ4n) is 2.80. The molecule has 3 rings (SSSR count). The second-order valence-corrected chi connectivity index (χ2v) is 6.87. The number of aromatic nitrogens is 4. The van der Waals surface area contributed by atoms with Crippen LogP contribution < -0.4 is 5.56 Å². The van der Waals surface area contributed by atoms with Crippen LogP contribution in [-0.2, 0) is 4.74 Å². The Kier molecular flexibility index (Phi) is 5.36. The van der Waals surface area contributed by atoms with Crippen molar-refractivity contribution < 1.29 is 20.1 Å². The second kappa shape index (κ2) is 7.58. The lowest BCUT2D eigenvalue weighted by Crippen LogP contribution is -2.32. The van der Waals surface area contributed by atoms with Gasteiger partial charge in [-0.2, -0.15) is 4.98 Å². The number of fused-ring (bicyclic) bond motifs is 1. The molecular formula is C16H23N7O5. The van der Waals surface area contributed by atoms with Crippen molar-refractivity contribution >= 4 is 23.5 Å².